The largest absolute Gasteiger partial charge is 0.468 e. The molecule has 88 valence electrons. The van der Waals surface area contributed by atoms with E-state index in [1.54, 1.807) is 6.92 Å². The molecule has 1 N–H and O–H groups in total. The fourth-order valence-electron chi connectivity index (χ4n) is 1.78. The van der Waals surface area contributed by atoms with Gasteiger partial charge in [-0.3, -0.25) is 10.1 Å². The number of esters is 1. The number of benzene rings is 1. The maximum Gasteiger partial charge on any atom is 0.322 e. The first kappa shape index (κ1) is 12.7. The van der Waals surface area contributed by atoms with Crippen molar-refractivity contribution in [1.29, 1.82) is 0 Å². The van der Waals surface area contributed by atoms with E-state index in [4.69, 9.17) is 0 Å². The van der Waals surface area contributed by atoms with Crippen molar-refractivity contribution >= 4 is 5.97 Å². The van der Waals surface area contributed by atoms with Gasteiger partial charge < -0.3 is 4.74 Å². The summed E-state index contributed by atoms with van der Waals surface area (Å²) in [4.78, 5) is 11.3. The second-order valence-corrected chi connectivity index (χ2v) is 3.99. The summed E-state index contributed by atoms with van der Waals surface area (Å²) in [6.45, 7) is 5.92. The maximum atomic E-state index is 11.3. The molecule has 0 aliphatic rings. The van der Waals surface area contributed by atoms with Crippen molar-refractivity contribution in [2.75, 3.05) is 7.11 Å². The zero-order valence-electron chi connectivity index (χ0n) is 10.3. The van der Waals surface area contributed by atoms with Gasteiger partial charge in [-0.25, -0.2) is 0 Å². The summed E-state index contributed by atoms with van der Waals surface area (Å²) >= 11 is 0. The Balaban J connectivity index is 2.69. The number of nitrogens with one attached hydrogen (secondary N) is 1. The minimum absolute atomic E-state index is 0.135. The second-order valence-electron chi connectivity index (χ2n) is 3.99. The fourth-order valence-corrected chi connectivity index (χ4v) is 1.78. The highest BCUT2D eigenvalue weighted by Gasteiger charge is 2.16. The molecule has 0 bridgehead atoms. The maximum absolute atomic E-state index is 11.3. The van der Waals surface area contributed by atoms with Crippen molar-refractivity contribution in [3.63, 3.8) is 0 Å². The molecule has 0 aliphatic carbocycles. The highest BCUT2D eigenvalue weighted by molar-refractivity contribution is 5.75. The summed E-state index contributed by atoms with van der Waals surface area (Å²) in [5.74, 6) is -0.236. The average Bonchev–Trinajstić information content (AvgIpc) is 2.28. The normalized spacial score (nSPS) is 14.2. The number of hydrogen-bond acceptors (Lipinski definition) is 3. The molecular weight excluding hydrogens is 202 g/mol. The topological polar surface area (TPSA) is 38.3 Å². The van der Waals surface area contributed by atoms with Crippen LogP contribution in [0.3, 0.4) is 0 Å². The zero-order valence-corrected chi connectivity index (χ0v) is 10.3. The Morgan fingerprint density at radius 2 is 1.94 bits per heavy atom. The number of hydrogen-bond donors (Lipinski definition) is 1. The van der Waals surface area contributed by atoms with Gasteiger partial charge in [-0.1, -0.05) is 24.3 Å². The lowest BCUT2D eigenvalue weighted by Crippen LogP contribution is -2.36. The Labute approximate surface area is 96.8 Å². The minimum Gasteiger partial charge on any atom is -0.468 e. The van der Waals surface area contributed by atoms with Crippen LogP contribution in [0.2, 0.25) is 0 Å². The highest BCUT2D eigenvalue weighted by Crippen LogP contribution is 2.17. The third-order valence-electron chi connectivity index (χ3n) is 2.71. The Hall–Kier alpha value is -1.35. The first-order chi connectivity index (χ1) is 7.56. The second kappa shape index (κ2) is 5.66. The first-order valence-corrected chi connectivity index (χ1v) is 5.45. The zero-order chi connectivity index (χ0) is 12.1. The molecule has 0 aromatic heterocycles. The summed E-state index contributed by atoms with van der Waals surface area (Å²) in [6.07, 6.45) is 0. The van der Waals surface area contributed by atoms with Crippen LogP contribution in [0, 0.1) is 6.92 Å². The van der Waals surface area contributed by atoms with Gasteiger partial charge in [0.15, 0.2) is 0 Å². The van der Waals surface area contributed by atoms with Gasteiger partial charge in [-0.05, 0) is 31.9 Å². The molecule has 3 nitrogen and oxygen atoms in total. The quantitative estimate of drug-likeness (QED) is 0.792. The molecule has 1 rings (SSSR count). The van der Waals surface area contributed by atoms with E-state index in [9.17, 15) is 4.79 Å². The van der Waals surface area contributed by atoms with Gasteiger partial charge in [0, 0.05) is 6.04 Å². The molecule has 0 saturated carbocycles. The van der Waals surface area contributed by atoms with E-state index in [-0.39, 0.29) is 18.1 Å². The predicted octanol–water partition coefficient (Wildman–Crippen LogP) is 2.21. The highest BCUT2D eigenvalue weighted by atomic mass is 16.5. The van der Waals surface area contributed by atoms with E-state index in [0.717, 1.165) is 0 Å². The van der Waals surface area contributed by atoms with Crippen molar-refractivity contribution < 1.29 is 9.53 Å². The minimum atomic E-state index is -0.292. The Kier molecular flexibility index (Phi) is 4.50. The van der Waals surface area contributed by atoms with Gasteiger partial charge >= 0.3 is 5.97 Å². The molecule has 1 aromatic carbocycles. The Bertz CT molecular complexity index is 363. The molecule has 0 heterocycles. The van der Waals surface area contributed by atoms with E-state index in [1.807, 2.05) is 19.1 Å². The molecule has 0 amide bonds. The van der Waals surface area contributed by atoms with Crippen LogP contribution in [-0.2, 0) is 9.53 Å². The summed E-state index contributed by atoms with van der Waals surface area (Å²) < 4.78 is 4.68. The van der Waals surface area contributed by atoms with Crippen LogP contribution in [0.4, 0.5) is 0 Å². The van der Waals surface area contributed by atoms with Crippen LogP contribution in [-0.4, -0.2) is 19.1 Å². The molecule has 0 aliphatic heterocycles. The summed E-state index contributed by atoms with van der Waals surface area (Å²) in [6, 6.07) is 7.99. The number of carbonyl (C=O) groups is 1. The van der Waals surface area contributed by atoms with Crippen LogP contribution >= 0.6 is 0 Å². The van der Waals surface area contributed by atoms with Crippen molar-refractivity contribution in [3.05, 3.63) is 35.4 Å². The van der Waals surface area contributed by atoms with Crippen LogP contribution in [0.1, 0.15) is 31.0 Å². The van der Waals surface area contributed by atoms with E-state index < -0.39 is 0 Å². The number of aryl methyl sites for hydroxylation is 1. The average molecular weight is 221 g/mol. The van der Waals surface area contributed by atoms with Gasteiger partial charge in [-0.15, -0.1) is 0 Å². The molecule has 0 fully saturated rings. The van der Waals surface area contributed by atoms with Crippen molar-refractivity contribution in [2.45, 2.75) is 32.9 Å². The van der Waals surface area contributed by atoms with E-state index >= 15 is 0 Å². The van der Waals surface area contributed by atoms with Crippen molar-refractivity contribution in [2.24, 2.45) is 0 Å². The van der Waals surface area contributed by atoms with Crippen LogP contribution < -0.4 is 5.32 Å². The Morgan fingerprint density at radius 1 is 1.31 bits per heavy atom. The molecule has 0 saturated heterocycles. The van der Waals surface area contributed by atoms with Gasteiger partial charge in [0.25, 0.3) is 0 Å². The smallest absolute Gasteiger partial charge is 0.322 e. The molecule has 0 radical (unpaired) electrons. The van der Waals surface area contributed by atoms with E-state index in [1.165, 1.54) is 18.2 Å². The first-order valence-electron chi connectivity index (χ1n) is 5.45. The molecule has 3 heteroatoms. The fraction of sp³-hybridized carbons (Fsp3) is 0.462. The van der Waals surface area contributed by atoms with Crippen molar-refractivity contribution in [1.82, 2.24) is 5.32 Å². The van der Waals surface area contributed by atoms with Crippen LogP contribution in [0.25, 0.3) is 0 Å². The summed E-state index contributed by atoms with van der Waals surface area (Å²) in [5.41, 5.74) is 2.43. The van der Waals surface area contributed by atoms with Gasteiger partial charge in [0.2, 0.25) is 0 Å². The van der Waals surface area contributed by atoms with Crippen LogP contribution in [0.15, 0.2) is 24.3 Å². The summed E-state index contributed by atoms with van der Waals surface area (Å²) in [5, 5.41) is 3.21. The third kappa shape index (κ3) is 3.07. The van der Waals surface area contributed by atoms with Gasteiger partial charge in [0.1, 0.15) is 6.04 Å². The van der Waals surface area contributed by atoms with Gasteiger partial charge in [0.05, 0.1) is 7.11 Å². The van der Waals surface area contributed by atoms with Crippen molar-refractivity contribution in [3.8, 4) is 0 Å². The number of methoxy groups -OCH3 is 1. The predicted molar refractivity (Wildman–Crippen MR) is 64.2 cm³/mol. The van der Waals surface area contributed by atoms with E-state index in [2.05, 4.69) is 29.1 Å². The lowest BCUT2D eigenvalue weighted by atomic mass is 10.0. The summed E-state index contributed by atoms with van der Waals surface area (Å²) in [7, 11) is 1.40. The standard InChI is InChI=1S/C13H19NO2/c1-9-7-5-6-8-12(9)10(2)14-11(3)13(15)16-4/h5-8,10-11,14H,1-4H3/t10-,11?/m1/s1. The monoisotopic (exact) mass is 221 g/mol. The van der Waals surface area contributed by atoms with Gasteiger partial charge in [-0.2, -0.15) is 0 Å². The number of rotatable bonds is 4. The molecule has 16 heavy (non-hydrogen) atoms. The molecular formula is C13H19NO2. The third-order valence-corrected chi connectivity index (χ3v) is 2.71. The lowest BCUT2D eigenvalue weighted by molar-refractivity contribution is -0.142. The molecule has 2 atom stereocenters. The number of carbonyl (C=O) groups excluding carboxylic acids is 1. The Morgan fingerprint density at radius 3 is 2.50 bits per heavy atom. The molecule has 0 spiro atoms. The number of ether oxygens (including phenoxy) is 1. The van der Waals surface area contributed by atoms with E-state index in [0.29, 0.717) is 0 Å². The molecule has 1 unspecified atom stereocenters. The van der Waals surface area contributed by atoms with Crippen LogP contribution in [0.5, 0.6) is 0 Å². The molecule has 1 aromatic rings. The SMILES string of the molecule is COC(=O)C(C)N[C@H](C)c1ccccc1C. The lowest BCUT2D eigenvalue weighted by Gasteiger charge is -2.20.